The monoisotopic (exact) mass is 462 g/mol. The van der Waals surface area contributed by atoms with E-state index in [1.165, 1.54) is 31.3 Å². The molecule has 3 aliphatic rings. The predicted molar refractivity (Wildman–Crippen MR) is 117 cm³/mol. The third kappa shape index (κ3) is 4.64. The molecule has 0 N–H and O–H groups in total. The fourth-order valence-electron chi connectivity index (χ4n) is 4.57. The minimum Gasteiger partial charge on any atom is -0.493 e. The lowest BCUT2D eigenvalue weighted by Crippen LogP contribution is -2.54. The van der Waals surface area contributed by atoms with Crippen LogP contribution in [0.4, 0.5) is 10.5 Å². The Hall–Kier alpha value is -2.82. The molecule has 0 aromatic heterocycles. The van der Waals surface area contributed by atoms with Crippen LogP contribution in [0.25, 0.3) is 0 Å². The summed E-state index contributed by atoms with van der Waals surface area (Å²) in [6.07, 6.45) is 3.65. The van der Waals surface area contributed by atoms with Gasteiger partial charge in [-0.05, 0) is 38.2 Å². The SMILES string of the molecule is C=CCOC(=O)N1c2cc(OOC)c(OC)cc2C(=O)N2CCC[C@H]2C1OC1CCCCO1. The predicted octanol–water partition coefficient (Wildman–Crippen LogP) is 3.25. The van der Waals surface area contributed by atoms with Crippen molar-refractivity contribution in [3.05, 3.63) is 30.4 Å². The summed E-state index contributed by atoms with van der Waals surface area (Å²) in [6.45, 7) is 4.77. The van der Waals surface area contributed by atoms with E-state index in [0.29, 0.717) is 31.7 Å². The number of carbonyl (C=O) groups excluding carboxylic acids is 2. The molecule has 0 aliphatic carbocycles. The Morgan fingerprint density at radius 3 is 2.76 bits per heavy atom. The van der Waals surface area contributed by atoms with Gasteiger partial charge in [0.15, 0.2) is 18.3 Å². The number of benzene rings is 1. The summed E-state index contributed by atoms with van der Waals surface area (Å²) in [5.74, 6) is 0.295. The number of methoxy groups -OCH3 is 1. The van der Waals surface area contributed by atoms with E-state index in [1.54, 1.807) is 11.0 Å². The summed E-state index contributed by atoms with van der Waals surface area (Å²) in [5.41, 5.74) is 0.575. The lowest BCUT2D eigenvalue weighted by molar-refractivity contribution is -0.195. The fourth-order valence-corrected chi connectivity index (χ4v) is 4.57. The molecule has 0 saturated carbocycles. The molecule has 10 nitrogen and oxygen atoms in total. The van der Waals surface area contributed by atoms with Crippen LogP contribution >= 0.6 is 0 Å². The number of fused-ring (bicyclic) bond motifs is 2. The first-order chi connectivity index (χ1) is 16.1. The van der Waals surface area contributed by atoms with Gasteiger partial charge in [0, 0.05) is 19.2 Å². The van der Waals surface area contributed by atoms with Crippen molar-refractivity contribution in [2.24, 2.45) is 0 Å². The smallest absolute Gasteiger partial charge is 0.416 e. The highest BCUT2D eigenvalue weighted by molar-refractivity contribution is 6.06. The first-order valence-corrected chi connectivity index (χ1v) is 11.2. The Kier molecular flexibility index (Phi) is 7.36. The van der Waals surface area contributed by atoms with Crippen LogP contribution < -0.4 is 14.5 Å². The van der Waals surface area contributed by atoms with E-state index in [2.05, 4.69) is 6.58 Å². The van der Waals surface area contributed by atoms with Gasteiger partial charge in [-0.3, -0.25) is 4.79 Å². The molecule has 1 aromatic carbocycles. The maximum absolute atomic E-state index is 13.6. The summed E-state index contributed by atoms with van der Waals surface area (Å²) in [4.78, 5) is 40.1. The van der Waals surface area contributed by atoms with Crippen molar-refractivity contribution in [2.75, 3.05) is 38.9 Å². The van der Waals surface area contributed by atoms with Gasteiger partial charge >= 0.3 is 6.09 Å². The number of hydrogen-bond acceptors (Lipinski definition) is 8. The van der Waals surface area contributed by atoms with Crippen LogP contribution in [-0.4, -0.2) is 69.4 Å². The van der Waals surface area contributed by atoms with Crippen LogP contribution in [0.5, 0.6) is 11.5 Å². The van der Waals surface area contributed by atoms with Gasteiger partial charge in [-0.25, -0.2) is 9.69 Å². The van der Waals surface area contributed by atoms with Gasteiger partial charge in [-0.15, -0.1) is 0 Å². The third-order valence-electron chi connectivity index (χ3n) is 6.04. The number of ether oxygens (including phenoxy) is 4. The third-order valence-corrected chi connectivity index (χ3v) is 6.04. The highest BCUT2D eigenvalue weighted by atomic mass is 17.2. The second-order valence-electron chi connectivity index (χ2n) is 8.04. The molecule has 2 unspecified atom stereocenters. The van der Waals surface area contributed by atoms with Gasteiger partial charge < -0.3 is 28.7 Å². The van der Waals surface area contributed by atoms with Crippen molar-refractivity contribution in [1.82, 2.24) is 4.90 Å². The summed E-state index contributed by atoms with van der Waals surface area (Å²) in [6, 6.07) is 2.73. The molecular weight excluding hydrogens is 432 g/mol. The zero-order valence-electron chi connectivity index (χ0n) is 19.0. The zero-order chi connectivity index (χ0) is 23.4. The number of anilines is 1. The fraction of sp³-hybridized carbons (Fsp3) is 0.565. The largest absolute Gasteiger partial charge is 0.493 e. The van der Waals surface area contributed by atoms with Crippen molar-refractivity contribution in [3.63, 3.8) is 0 Å². The molecule has 3 aliphatic heterocycles. The molecule has 0 radical (unpaired) electrons. The van der Waals surface area contributed by atoms with E-state index in [0.717, 1.165) is 19.3 Å². The minimum absolute atomic E-state index is 0.0111. The van der Waals surface area contributed by atoms with E-state index in [-0.39, 0.29) is 35.6 Å². The maximum atomic E-state index is 13.6. The Balaban J connectivity index is 1.84. The second-order valence-corrected chi connectivity index (χ2v) is 8.04. The quantitative estimate of drug-likeness (QED) is 0.346. The molecule has 4 rings (SSSR count). The molecule has 2 saturated heterocycles. The van der Waals surface area contributed by atoms with Crippen LogP contribution in [0.2, 0.25) is 0 Å². The highest BCUT2D eigenvalue weighted by Gasteiger charge is 2.47. The van der Waals surface area contributed by atoms with Crippen LogP contribution in [0.3, 0.4) is 0 Å². The summed E-state index contributed by atoms with van der Waals surface area (Å²) >= 11 is 0. The van der Waals surface area contributed by atoms with Crippen molar-refractivity contribution < 1.29 is 38.3 Å². The van der Waals surface area contributed by atoms with E-state index in [9.17, 15) is 9.59 Å². The van der Waals surface area contributed by atoms with E-state index in [4.69, 9.17) is 28.7 Å². The normalized spacial score (nSPS) is 24.5. The summed E-state index contributed by atoms with van der Waals surface area (Å²) in [5, 5.41) is 0. The first kappa shape index (κ1) is 23.3. The number of hydrogen-bond donors (Lipinski definition) is 0. The molecule has 2 fully saturated rings. The van der Waals surface area contributed by atoms with Crippen LogP contribution in [0, 0.1) is 0 Å². The van der Waals surface area contributed by atoms with Crippen molar-refractivity contribution in [2.45, 2.75) is 50.7 Å². The Labute approximate surface area is 192 Å². The average molecular weight is 462 g/mol. The average Bonchev–Trinajstić information content (AvgIpc) is 3.29. The number of amides is 2. The molecule has 1 aromatic rings. The molecule has 180 valence electrons. The van der Waals surface area contributed by atoms with Crippen LogP contribution in [0.15, 0.2) is 24.8 Å². The highest BCUT2D eigenvalue weighted by Crippen LogP contribution is 2.42. The molecule has 3 heterocycles. The number of rotatable bonds is 7. The molecule has 33 heavy (non-hydrogen) atoms. The van der Waals surface area contributed by atoms with Crippen molar-refractivity contribution >= 4 is 17.7 Å². The maximum Gasteiger partial charge on any atom is 0.416 e. The topological polar surface area (TPSA) is 96.0 Å². The summed E-state index contributed by atoms with van der Waals surface area (Å²) in [7, 11) is 2.82. The van der Waals surface area contributed by atoms with Crippen LogP contribution in [0.1, 0.15) is 42.5 Å². The van der Waals surface area contributed by atoms with Crippen molar-refractivity contribution in [3.8, 4) is 11.5 Å². The van der Waals surface area contributed by atoms with E-state index in [1.807, 2.05) is 0 Å². The Bertz CT molecular complexity index is 885. The number of carbonyl (C=O) groups is 2. The molecule has 3 atom stereocenters. The summed E-state index contributed by atoms with van der Waals surface area (Å²) < 4.78 is 23.0. The molecule has 2 amide bonds. The van der Waals surface area contributed by atoms with Gasteiger partial charge in [-0.1, -0.05) is 12.7 Å². The van der Waals surface area contributed by atoms with Crippen LogP contribution in [-0.2, 0) is 19.1 Å². The standard InChI is InChI=1S/C23H30N2O8/c1-4-11-31-23(27)25-17-14-19(33-29-3)18(28-2)13-15(17)21(26)24-10-7-8-16(24)22(25)32-20-9-5-6-12-30-20/h4,13-14,16,20,22H,1,5-12H2,2-3H3/t16-,20?,22?/m0/s1. The van der Waals surface area contributed by atoms with Gasteiger partial charge in [0.2, 0.25) is 5.75 Å². The lowest BCUT2D eigenvalue weighted by atomic mass is 10.1. The number of nitrogens with zero attached hydrogens (tertiary/aromatic N) is 2. The Morgan fingerprint density at radius 2 is 2.06 bits per heavy atom. The van der Waals surface area contributed by atoms with Gasteiger partial charge in [0.05, 0.1) is 31.5 Å². The van der Waals surface area contributed by atoms with E-state index < -0.39 is 18.6 Å². The van der Waals surface area contributed by atoms with Crippen molar-refractivity contribution in [1.29, 1.82) is 0 Å². The minimum atomic E-state index is -0.804. The molecule has 0 bridgehead atoms. The van der Waals surface area contributed by atoms with Gasteiger partial charge in [0.1, 0.15) is 6.61 Å². The first-order valence-electron chi connectivity index (χ1n) is 11.2. The second kappa shape index (κ2) is 10.4. The molecular formula is C23H30N2O8. The van der Waals surface area contributed by atoms with Gasteiger partial charge in [0.25, 0.3) is 5.91 Å². The molecule has 0 spiro atoms. The Morgan fingerprint density at radius 1 is 1.21 bits per heavy atom. The lowest BCUT2D eigenvalue weighted by Gasteiger charge is -2.38. The van der Waals surface area contributed by atoms with Gasteiger partial charge in [-0.2, -0.15) is 4.89 Å². The van der Waals surface area contributed by atoms with E-state index >= 15 is 0 Å². The molecule has 10 heteroatoms. The zero-order valence-corrected chi connectivity index (χ0v) is 19.0.